The van der Waals surface area contributed by atoms with Crippen LogP contribution in [0.15, 0.2) is 79.1 Å². The summed E-state index contributed by atoms with van der Waals surface area (Å²) >= 11 is 7.31. The lowest BCUT2D eigenvalue weighted by molar-refractivity contribution is -0.122. The van der Waals surface area contributed by atoms with Crippen LogP contribution in [-0.2, 0) is 22.2 Å². The molecule has 43 heavy (non-hydrogen) atoms. The van der Waals surface area contributed by atoms with E-state index in [4.69, 9.17) is 30.8 Å². The molecule has 0 spiro atoms. The SMILES string of the molecule is CSOOc1ccc(CNC(=O)[C@@H](CC2CCCCC2)Nc2cc(-n3cccc3)nc(NCc3cccc(Cl)c3)n2)cc1. The molecule has 1 aliphatic carbocycles. The van der Waals surface area contributed by atoms with Crippen molar-refractivity contribution < 1.29 is 14.0 Å². The van der Waals surface area contributed by atoms with E-state index >= 15 is 0 Å². The zero-order valence-electron chi connectivity index (χ0n) is 24.2. The number of nitrogens with zero attached hydrogens (tertiary/aromatic N) is 3. The highest BCUT2D eigenvalue weighted by Gasteiger charge is 2.25. The molecule has 2 aromatic carbocycles. The van der Waals surface area contributed by atoms with E-state index in [-0.39, 0.29) is 5.91 Å². The fourth-order valence-corrected chi connectivity index (χ4v) is 5.61. The summed E-state index contributed by atoms with van der Waals surface area (Å²) in [5.74, 6) is 2.75. The lowest BCUT2D eigenvalue weighted by Crippen LogP contribution is -2.41. The fourth-order valence-electron chi connectivity index (χ4n) is 5.25. The van der Waals surface area contributed by atoms with Gasteiger partial charge in [-0.05, 0) is 59.9 Å². The molecule has 0 saturated heterocycles. The van der Waals surface area contributed by atoms with Gasteiger partial charge in [-0.3, -0.25) is 4.79 Å². The number of aromatic nitrogens is 3. The zero-order chi connectivity index (χ0) is 29.9. The first-order valence-corrected chi connectivity index (χ1v) is 16.1. The minimum atomic E-state index is -0.450. The zero-order valence-corrected chi connectivity index (χ0v) is 25.7. The molecule has 1 amide bonds. The van der Waals surface area contributed by atoms with Crippen LogP contribution >= 0.6 is 23.6 Å². The van der Waals surface area contributed by atoms with Gasteiger partial charge >= 0.3 is 0 Å². The summed E-state index contributed by atoms with van der Waals surface area (Å²) in [6.45, 7) is 0.907. The van der Waals surface area contributed by atoms with Crippen molar-refractivity contribution in [1.82, 2.24) is 19.9 Å². The quantitative estimate of drug-likeness (QED) is 0.0773. The number of carbonyl (C=O) groups excluding carboxylic acids is 1. The van der Waals surface area contributed by atoms with Crippen molar-refractivity contribution >= 4 is 41.3 Å². The molecule has 226 valence electrons. The number of nitrogens with one attached hydrogen (secondary N) is 3. The Morgan fingerprint density at radius 3 is 2.53 bits per heavy atom. The first-order valence-electron chi connectivity index (χ1n) is 14.6. The van der Waals surface area contributed by atoms with Gasteiger partial charge in [-0.15, -0.1) is 4.33 Å². The minimum absolute atomic E-state index is 0.0637. The largest absolute Gasteiger partial charge is 0.358 e. The molecule has 2 heterocycles. The van der Waals surface area contributed by atoms with E-state index in [2.05, 4.69) is 16.0 Å². The molecule has 2 aromatic heterocycles. The van der Waals surface area contributed by atoms with Crippen molar-refractivity contribution in [2.75, 3.05) is 16.9 Å². The predicted octanol–water partition coefficient (Wildman–Crippen LogP) is 7.19. The van der Waals surface area contributed by atoms with E-state index in [1.807, 2.05) is 83.7 Å². The summed E-state index contributed by atoms with van der Waals surface area (Å²) < 4.78 is 6.84. The van der Waals surface area contributed by atoms with E-state index in [1.165, 1.54) is 19.3 Å². The molecule has 11 heteroatoms. The molecule has 1 saturated carbocycles. The topological polar surface area (TPSA) is 102 Å². The van der Waals surface area contributed by atoms with Crippen molar-refractivity contribution in [2.24, 2.45) is 5.92 Å². The van der Waals surface area contributed by atoms with Crippen LogP contribution in [0.3, 0.4) is 0 Å². The van der Waals surface area contributed by atoms with Gasteiger partial charge in [-0.2, -0.15) is 9.97 Å². The van der Waals surface area contributed by atoms with Crippen molar-refractivity contribution in [1.29, 1.82) is 0 Å². The second kappa shape index (κ2) is 15.7. The van der Waals surface area contributed by atoms with Gasteiger partial charge in [-0.25, -0.2) is 0 Å². The Morgan fingerprint density at radius 1 is 1.00 bits per heavy atom. The van der Waals surface area contributed by atoms with Crippen LogP contribution in [0.2, 0.25) is 5.02 Å². The van der Waals surface area contributed by atoms with Crippen LogP contribution in [0.1, 0.15) is 49.7 Å². The number of halogens is 1. The van der Waals surface area contributed by atoms with Gasteiger partial charge in [0.1, 0.15) is 17.7 Å². The summed E-state index contributed by atoms with van der Waals surface area (Å²) in [6.07, 6.45) is 12.3. The molecule has 9 nitrogen and oxygen atoms in total. The first-order chi connectivity index (χ1) is 21.1. The average Bonchev–Trinajstić information content (AvgIpc) is 3.58. The second-order valence-electron chi connectivity index (χ2n) is 10.6. The van der Waals surface area contributed by atoms with E-state index in [0.717, 1.165) is 42.4 Å². The Hall–Kier alpha value is -3.73. The van der Waals surface area contributed by atoms with Crippen LogP contribution in [0.4, 0.5) is 11.8 Å². The lowest BCUT2D eigenvalue weighted by atomic mass is 9.84. The second-order valence-corrected chi connectivity index (χ2v) is 11.5. The van der Waals surface area contributed by atoms with Gasteiger partial charge < -0.3 is 25.4 Å². The standard InChI is InChI=1S/C32H37ClN6O3S/c1-43-42-41-27-14-12-24(13-15-27)21-34-31(40)28(19-23-8-3-2-4-9-23)36-29-20-30(39-16-5-6-17-39)38-32(37-29)35-22-25-10-7-11-26(33)18-25/h5-7,10-18,20,23,28H,2-4,8-9,19,21-22H2,1H3,(H,34,40)(H2,35,36,37,38)/t28-/m1/s1. The van der Waals surface area contributed by atoms with Gasteiger partial charge in [-0.1, -0.05) is 68.0 Å². The maximum atomic E-state index is 13.6. The van der Waals surface area contributed by atoms with E-state index < -0.39 is 6.04 Å². The number of hydrogen-bond acceptors (Lipinski definition) is 8. The highest BCUT2D eigenvalue weighted by molar-refractivity contribution is 7.93. The first kappa shape index (κ1) is 30.7. The van der Waals surface area contributed by atoms with Crippen LogP contribution in [0.25, 0.3) is 5.82 Å². The van der Waals surface area contributed by atoms with Crippen LogP contribution in [0, 0.1) is 5.92 Å². The van der Waals surface area contributed by atoms with Gasteiger partial charge in [0.05, 0.1) is 0 Å². The third-order valence-corrected chi connectivity index (χ3v) is 7.88. The third-order valence-electron chi connectivity index (χ3n) is 7.44. The summed E-state index contributed by atoms with van der Waals surface area (Å²) in [7, 11) is 0. The molecule has 3 N–H and O–H groups in total. The molecule has 1 atom stereocenters. The van der Waals surface area contributed by atoms with E-state index in [1.54, 1.807) is 6.26 Å². The molecule has 1 fully saturated rings. The molecule has 4 aromatic rings. The molecule has 0 unspecified atom stereocenters. The maximum absolute atomic E-state index is 13.6. The normalized spacial score (nSPS) is 14.2. The van der Waals surface area contributed by atoms with Crippen molar-refractivity contribution in [3.05, 3.63) is 95.3 Å². The Morgan fingerprint density at radius 2 is 1.79 bits per heavy atom. The number of anilines is 2. The minimum Gasteiger partial charge on any atom is -0.358 e. The molecule has 5 rings (SSSR count). The Kier molecular flexibility index (Phi) is 11.2. The molecular weight excluding hydrogens is 584 g/mol. The number of rotatable bonds is 14. The molecule has 1 aliphatic rings. The van der Waals surface area contributed by atoms with Crippen LogP contribution in [0.5, 0.6) is 5.75 Å². The van der Waals surface area contributed by atoms with Crippen molar-refractivity contribution in [2.45, 2.75) is 57.7 Å². The summed E-state index contributed by atoms with van der Waals surface area (Å²) in [5.41, 5.74) is 1.98. The van der Waals surface area contributed by atoms with Crippen LogP contribution < -0.4 is 20.8 Å². The Bertz CT molecular complexity index is 1450. The number of amides is 1. The van der Waals surface area contributed by atoms with Gasteiger partial charge in [0.2, 0.25) is 11.9 Å². The smallest absolute Gasteiger partial charge is 0.242 e. The van der Waals surface area contributed by atoms with Crippen LogP contribution in [-0.4, -0.2) is 32.7 Å². The van der Waals surface area contributed by atoms with E-state index in [9.17, 15) is 4.79 Å². The summed E-state index contributed by atoms with van der Waals surface area (Å²) in [5, 5.41) is 10.6. The van der Waals surface area contributed by atoms with Gasteiger partial charge in [0.15, 0.2) is 5.75 Å². The van der Waals surface area contributed by atoms with Gasteiger partial charge in [0.25, 0.3) is 0 Å². The number of benzene rings is 2. The monoisotopic (exact) mass is 620 g/mol. The Labute approximate surface area is 261 Å². The summed E-state index contributed by atoms with van der Waals surface area (Å²) in [4.78, 5) is 28.3. The summed E-state index contributed by atoms with van der Waals surface area (Å²) in [6, 6.07) is 20.4. The lowest BCUT2D eigenvalue weighted by Gasteiger charge is -2.27. The molecule has 0 aliphatic heterocycles. The predicted molar refractivity (Wildman–Crippen MR) is 172 cm³/mol. The average molecular weight is 621 g/mol. The highest BCUT2D eigenvalue weighted by Crippen LogP contribution is 2.29. The molecular formula is C32H37ClN6O3S. The number of carbonyl (C=O) groups is 1. The molecule has 0 radical (unpaired) electrons. The molecule has 0 bridgehead atoms. The number of hydrogen-bond donors (Lipinski definition) is 3. The third kappa shape index (κ3) is 9.38. The maximum Gasteiger partial charge on any atom is 0.242 e. The Balaban J connectivity index is 1.32. The van der Waals surface area contributed by atoms with Crippen molar-refractivity contribution in [3.63, 3.8) is 0 Å². The highest BCUT2D eigenvalue weighted by atomic mass is 35.5. The van der Waals surface area contributed by atoms with Gasteiger partial charge in [0, 0.05) is 54.9 Å². The van der Waals surface area contributed by atoms with E-state index in [0.29, 0.717) is 47.4 Å². The fraction of sp³-hybridized carbons (Fsp3) is 0.344. The van der Waals surface area contributed by atoms with Crippen molar-refractivity contribution in [3.8, 4) is 11.6 Å².